The van der Waals surface area contributed by atoms with Crippen LogP contribution in [0, 0.1) is 0 Å². The smallest absolute Gasteiger partial charge is 0.304 e. The van der Waals surface area contributed by atoms with E-state index in [-0.39, 0.29) is 18.4 Å². The maximum atomic E-state index is 10.8. The van der Waals surface area contributed by atoms with E-state index in [0.717, 1.165) is 5.56 Å². The molecule has 88 valence electrons. The first-order valence-electron chi connectivity index (χ1n) is 5.16. The second-order valence-corrected chi connectivity index (χ2v) is 3.84. The van der Waals surface area contributed by atoms with Gasteiger partial charge >= 0.3 is 5.97 Å². The van der Waals surface area contributed by atoms with E-state index < -0.39 is 5.97 Å². The SMILES string of the molecule is COc1cccc(C(CC(=O)O)C(C)N)c1. The molecule has 0 fully saturated rings. The van der Waals surface area contributed by atoms with E-state index in [1.807, 2.05) is 31.2 Å². The number of aliphatic carboxylic acids is 1. The van der Waals surface area contributed by atoms with Crippen LogP contribution in [0.2, 0.25) is 0 Å². The maximum absolute atomic E-state index is 10.8. The lowest BCUT2D eigenvalue weighted by Crippen LogP contribution is -2.26. The average Bonchev–Trinajstić information content (AvgIpc) is 2.25. The molecular weight excluding hydrogens is 206 g/mol. The summed E-state index contributed by atoms with van der Waals surface area (Å²) < 4.78 is 5.10. The molecular formula is C12H17NO3. The molecule has 1 aromatic rings. The molecule has 0 aliphatic heterocycles. The lowest BCUT2D eigenvalue weighted by atomic mass is 9.90. The monoisotopic (exact) mass is 223 g/mol. The highest BCUT2D eigenvalue weighted by molar-refractivity contribution is 5.68. The number of ether oxygens (including phenoxy) is 1. The van der Waals surface area contributed by atoms with E-state index in [1.165, 1.54) is 0 Å². The van der Waals surface area contributed by atoms with Crippen molar-refractivity contribution in [3.8, 4) is 5.75 Å². The Bertz CT molecular complexity index is 363. The van der Waals surface area contributed by atoms with Gasteiger partial charge in [-0.15, -0.1) is 0 Å². The largest absolute Gasteiger partial charge is 0.497 e. The fraction of sp³-hybridized carbons (Fsp3) is 0.417. The van der Waals surface area contributed by atoms with Crippen LogP contribution in [0.1, 0.15) is 24.8 Å². The quantitative estimate of drug-likeness (QED) is 0.795. The number of carboxylic acids is 1. The summed E-state index contributed by atoms with van der Waals surface area (Å²) >= 11 is 0. The highest BCUT2D eigenvalue weighted by Crippen LogP contribution is 2.25. The lowest BCUT2D eigenvalue weighted by molar-refractivity contribution is -0.137. The van der Waals surface area contributed by atoms with Crippen molar-refractivity contribution < 1.29 is 14.6 Å². The summed E-state index contributed by atoms with van der Waals surface area (Å²) in [6.07, 6.45) is 0.0326. The van der Waals surface area contributed by atoms with Crippen LogP contribution >= 0.6 is 0 Å². The molecule has 1 aromatic carbocycles. The van der Waals surface area contributed by atoms with Crippen LogP contribution in [0.5, 0.6) is 5.75 Å². The first-order valence-corrected chi connectivity index (χ1v) is 5.16. The minimum atomic E-state index is -0.842. The number of rotatable bonds is 5. The number of carbonyl (C=O) groups is 1. The summed E-state index contributed by atoms with van der Waals surface area (Å²) in [6.45, 7) is 1.81. The van der Waals surface area contributed by atoms with Gasteiger partial charge in [0, 0.05) is 12.0 Å². The Morgan fingerprint density at radius 3 is 2.75 bits per heavy atom. The van der Waals surface area contributed by atoms with Crippen molar-refractivity contribution in [1.29, 1.82) is 0 Å². The first-order chi connectivity index (χ1) is 7.54. The molecule has 4 heteroatoms. The molecule has 0 radical (unpaired) electrons. The summed E-state index contributed by atoms with van der Waals surface area (Å²) in [5, 5.41) is 8.83. The molecule has 0 aliphatic carbocycles. The Kier molecular flexibility index (Phi) is 4.31. The Morgan fingerprint density at radius 2 is 2.25 bits per heavy atom. The maximum Gasteiger partial charge on any atom is 0.304 e. The van der Waals surface area contributed by atoms with Crippen LogP contribution in [0.25, 0.3) is 0 Å². The Balaban J connectivity index is 2.95. The number of hydrogen-bond acceptors (Lipinski definition) is 3. The van der Waals surface area contributed by atoms with Crippen LogP contribution in [0.4, 0.5) is 0 Å². The topological polar surface area (TPSA) is 72.5 Å². The molecule has 3 N–H and O–H groups in total. The van der Waals surface area contributed by atoms with E-state index >= 15 is 0 Å². The van der Waals surface area contributed by atoms with Gasteiger partial charge in [0.25, 0.3) is 0 Å². The van der Waals surface area contributed by atoms with Gasteiger partial charge in [-0.2, -0.15) is 0 Å². The molecule has 16 heavy (non-hydrogen) atoms. The minimum absolute atomic E-state index is 0.0326. The normalized spacial score (nSPS) is 14.2. The van der Waals surface area contributed by atoms with Crippen LogP contribution < -0.4 is 10.5 Å². The second-order valence-electron chi connectivity index (χ2n) is 3.84. The molecule has 1 rings (SSSR count). The van der Waals surface area contributed by atoms with Gasteiger partial charge < -0.3 is 15.6 Å². The van der Waals surface area contributed by atoms with Crippen molar-refractivity contribution in [3.05, 3.63) is 29.8 Å². The van der Waals surface area contributed by atoms with Crippen molar-refractivity contribution in [1.82, 2.24) is 0 Å². The third-order valence-electron chi connectivity index (χ3n) is 2.55. The third-order valence-corrected chi connectivity index (χ3v) is 2.55. The number of carboxylic acid groups (broad SMARTS) is 1. The lowest BCUT2D eigenvalue weighted by Gasteiger charge is -2.19. The van der Waals surface area contributed by atoms with Crippen LogP contribution in [-0.4, -0.2) is 24.2 Å². The molecule has 2 atom stereocenters. The van der Waals surface area contributed by atoms with Crippen molar-refractivity contribution in [2.75, 3.05) is 7.11 Å². The van der Waals surface area contributed by atoms with Crippen molar-refractivity contribution in [3.63, 3.8) is 0 Å². The van der Waals surface area contributed by atoms with Crippen molar-refractivity contribution in [2.45, 2.75) is 25.3 Å². The fourth-order valence-corrected chi connectivity index (χ4v) is 1.67. The van der Waals surface area contributed by atoms with Gasteiger partial charge in [0.15, 0.2) is 0 Å². The number of benzene rings is 1. The molecule has 2 unspecified atom stereocenters. The summed E-state index contributed by atoms with van der Waals surface area (Å²) in [5.41, 5.74) is 6.70. The van der Waals surface area contributed by atoms with E-state index in [4.69, 9.17) is 15.6 Å². The molecule has 0 aliphatic rings. The summed E-state index contributed by atoms with van der Waals surface area (Å²) in [5.74, 6) is -0.314. The zero-order chi connectivity index (χ0) is 12.1. The zero-order valence-corrected chi connectivity index (χ0v) is 9.51. The molecule has 0 bridgehead atoms. The predicted molar refractivity (Wildman–Crippen MR) is 61.6 cm³/mol. The summed E-state index contributed by atoms with van der Waals surface area (Å²) in [4.78, 5) is 10.8. The van der Waals surface area contributed by atoms with Crippen LogP contribution in [0.15, 0.2) is 24.3 Å². The Hall–Kier alpha value is -1.55. The van der Waals surface area contributed by atoms with Gasteiger partial charge in [0.05, 0.1) is 13.5 Å². The number of hydrogen-bond donors (Lipinski definition) is 2. The predicted octanol–water partition coefficient (Wildman–Crippen LogP) is 1.60. The van der Waals surface area contributed by atoms with Crippen LogP contribution in [0.3, 0.4) is 0 Å². The Morgan fingerprint density at radius 1 is 1.56 bits per heavy atom. The zero-order valence-electron chi connectivity index (χ0n) is 9.51. The highest BCUT2D eigenvalue weighted by atomic mass is 16.5. The first kappa shape index (κ1) is 12.5. The fourth-order valence-electron chi connectivity index (χ4n) is 1.67. The van der Waals surface area contributed by atoms with Gasteiger partial charge in [-0.25, -0.2) is 0 Å². The van der Waals surface area contributed by atoms with E-state index in [9.17, 15) is 4.79 Å². The highest BCUT2D eigenvalue weighted by Gasteiger charge is 2.19. The summed E-state index contributed by atoms with van der Waals surface area (Å²) in [6, 6.07) is 7.16. The van der Waals surface area contributed by atoms with E-state index in [2.05, 4.69) is 0 Å². The molecule has 0 aromatic heterocycles. The van der Waals surface area contributed by atoms with Gasteiger partial charge in [0.2, 0.25) is 0 Å². The van der Waals surface area contributed by atoms with E-state index in [0.29, 0.717) is 5.75 Å². The molecule has 0 amide bonds. The minimum Gasteiger partial charge on any atom is -0.497 e. The molecule has 4 nitrogen and oxygen atoms in total. The molecule has 0 spiro atoms. The van der Waals surface area contributed by atoms with E-state index in [1.54, 1.807) is 7.11 Å². The van der Waals surface area contributed by atoms with Crippen molar-refractivity contribution >= 4 is 5.97 Å². The van der Waals surface area contributed by atoms with Gasteiger partial charge in [-0.1, -0.05) is 12.1 Å². The Labute approximate surface area is 95.0 Å². The van der Waals surface area contributed by atoms with Gasteiger partial charge in [-0.05, 0) is 24.6 Å². The number of nitrogens with two attached hydrogens (primary N) is 1. The molecule has 0 heterocycles. The van der Waals surface area contributed by atoms with Crippen molar-refractivity contribution in [2.24, 2.45) is 5.73 Å². The van der Waals surface area contributed by atoms with Gasteiger partial charge in [0.1, 0.15) is 5.75 Å². The summed E-state index contributed by atoms with van der Waals surface area (Å²) in [7, 11) is 1.58. The van der Waals surface area contributed by atoms with Gasteiger partial charge in [-0.3, -0.25) is 4.79 Å². The molecule has 0 saturated heterocycles. The standard InChI is InChI=1S/C12H17NO3/c1-8(13)11(7-12(14)15)9-4-3-5-10(6-9)16-2/h3-6,8,11H,7,13H2,1-2H3,(H,14,15). The average molecular weight is 223 g/mol. The van der Waals surface area contributed by atoms with Crippen LogP contribution in [-0.2, 0) is 4.79 Å². The molecule has 0 saturated carbocycles. The second kappa shape index (κ2) is 5.51. The third kappa shape index (κ3) is 3.24. The number of methoxy groups -OCH3 is 1.